The van der Waals surface area contributed by atoms with Gasteiger partial charge in [-0.15, -0.1) is 0 Å². The van der Waals surface area contributed by atoms with E-state index < -0.39 is 17.6 Å². The summed E-state index contributed by atoms with van der Waals surface area (Å²) in [6, 6.07) is 34.9. The molecule has 4 heteroatoms. The average molecular weight is 455 g/mol. The molecule has 4 rings (SSSR count). The third-order valence-corrected chi connectivity index (χ3v) is 6.45. The van der Waals surface area contributed by atoms with Crippen LogP contribution in [0.15, 0.2) is 109 Å². The molecule has 2 N–H and O–H groups in total. The van der Waals surface area contributed by atoms with Gasteiger partial charge in [0.05, 0.1) is 31.8 Å². The van der Waals surface area contributed by atoms with E-state index in [4.69, 9.17) is 9.47 Å². The number of methoxy groups -OCH3 is 2. The molecule has 0 heterocycles. The first-order valence-corrected chi connectivity index (χ1v) is 11.3. The van der Waals surface area contributed by atoms with Gasteiger partial charge in [0.25, 0.3) is 0 Å². The molecule has 2 unspecified atom stereocenters. The zero-order chi connectivity index (χ0) is 24.0. The Morgan fingerprint density at radius 1 is 0.588 bits per heavy atom. The number of hydrogen-bond donors (Lipinski definition) is 2. The van der Waals surface area contributed by atoms with Crippen molar-refractivity contribution >= 4 is 0 Å². The predicted molar refractivity (Wildman–Crippen MR) is 134 cm³/mol. The molecule has 4 aromatic rings. The van der Waals surface area contributed by atoms with Gasteiger partial charge in [0.2, 0.25) is 0 Å². The van der Waals surface area contributed by atoms with E-state index in [0.717, 1.165) is 33.8 Å². The van der Waals surface area contributed by atoms with Crippen LogP contribution >= 0.6 is 0 Å². The normalized spacial score (nSPS) is 13.2. The molecule has 0 spiro atoms. The molecule has 0 amide bonds. The number of aliphatic hydroxyl groups excluding tert-OH is 2. The van der Waals surface area contributed by atoms with Gasteiger partial charge in [0.1, 0.15) is 11.5 Å². The van der Waals surface area contributed by atoms with E-state index in [0.29, 0.717) is 0 Å². The number of rotatable bonds is 9. The quantitative estimate of drug-likeness (QED) is 0.327. The standard InChI is InChI=1S/C30H30O4/c1-33-26-17-13-24(14-18-26)30(23-11-7-4-8-12-23,25-15-19-27(34-2)20-16-25)29(32)21-28(31)22-9-5-3-6-10-22/h3-20,28-29,31-32H,21H2,1-2H3. The van der Waals surface area contributed by atoms with E-state index in [1.807, 2.05) is 109 Å². The molecule has 0 fully saturated rings. The van der Waals surface area contributed by atoms with Crippen molar-refractivity contribution in [1.82, 2.24) is 0 Å². The zero-order valence-corrected chi connectivity index (χ0v) is 19.5. The van der Waals surface area contributed by atoms with Gasteiger partial charge in [-0.05, 0) is 46.5 Å². The van der Waals surface area contributed by atoms with Crippen LogP contribution in [0.2, 0.25) is 0 Å². The van der Waals surface area contributed by atoms with Crippen molar-refractivity contribution in [2.75, 3.05) is 14.2 Å². The first-order valence-electron chi connectivity index (χ1n) is 11.3. The Balaban J connectivity index is 1.91. The number of hydrogen-bond acceptors (Lipinski definition) is 4. The van der Waals surface area contributed by atoms with Crippen LogP contribution in [0.4, 0.5) is 0 Å². The highest BCUT2D eigenvalue weighted by molar-refractivity contribution is 5.53. The third kappa shape index (κ3) is 4.56. The second-order valence-corrected chi connectivity index (χ2v) is 8.31. The molecular formula is C30H30O4. The SMILES string of the molecule is COc1ccc(C(c2ccccc2)(c2ccc(OC)cc2)C(O)CC(O)c2ccccc2)cc1. The second kappa shape index (κ2) is 10.6. The lowest BCUT2D eigenvalue weighted by molar-refractivity contribution is 0.0508. The summed E-state index contributed by atoms with van der Waals surface area (Å²) in [5.74, 6) is 1.47. The molecule has 0 bridgehead atoms. The summed E-state index contributed by atoms with van der Waals surface area (Å²) in [6.45, 7) is 0. The zero-order valence-electron chi connectivity index (χ0n) is 19.5. The minimum atomic E-state index is -0.938. The minimum absolute atomic E-state index is 0.150. The number of aliphatic hydroxyl groups is 2. The van der Waals surface area contributed by atoms with Crippen LogP contribution in [0.3, 0.4) is 0 Å². The Kier molecular flexibility index (Phi) is 7.31. The van der Waals surface area contributed by atoms with Gasteiger partial charge >= 0.3 is 0 Å². The van der Waals surface area contributed by atoms with Crippen molar-refractivity contribution < 1.29 is 19.7 Å². The van der Waals surface area contributed by atoms with Crippen molar-refractivity contribution in [3.05, 3.63) is 131 Å². The highest BCUT2D eigenvalue weighted by Gasteiger charge is 2.44. The van der Waals surface area contributed by atoms with Crippen molar-refractivity contribution in [2.24, 2.45) is 0 Å². The van der Waals surface area contributed by atoms with Crippen LogP contribution in [0, 0.1) is 0 Å². The van der Waals surface area contributed by atoms with Crippen LogP contribution in [0.1, 0.15) is 34.8 Å². The summed E-state index contributed by atoms with van der Waals surface area (Å²) in [7, 11) is 3.27. The van der Waals surface area contributed by atoms with Crippen LogP contribution in [0.25, 0.3) is 0 Å². The molecule has 4 aromatic carbocycles. The first kappa shape index (κ1) is 23.6. The van der Waals surface area contributed by atoms with E-state index >= 15 is 0 Å². The smallest absolute Gasteiger partial charge is 0.118 e. The molecule has 0 radical (unpaired) electrons. The lowest BCUT2D eigenvalue weighted by atomic mass is 9.64. The van der Waals surface area contributed by atoms with Gasteiger partial charge in [-0.25, -0.2) is 0 Å². The summed E-state index contributed by atoms with van der Waals surface area (Å²) in [5.41, 5.74) is 2.57. The topological polar surface area (TPSA) is 58.9 Å². The monoisotopic (exact) mass is 454 g/mol. The molecule has 0 aromatic heterocycles. The van der Waals surface area contributed by atoms with E-state index in [2.05, 4.69) is 0 Å². The van der Waals surface area contributed by atoms with Crippen LogP contribution in [-0.4, -0.2) is 30.5 Å². The maximum absolute atomic E-state index is 12.0. The van der Waals surface area contributed by atoms with Gasteiger partial charge < -0.3 is 19.7 Å². The van der Waals surface area contributed by atoms with Gasteiger partial charge in [0, 0.05) is 6.42 Å². The average Bonchev–Trinajstić information content (AvgIpc) is 2.91. The highest BCUT2D eigenvalue weighted by Crippen LogP contribution is 2.45. The molecule has 0 saturated carbocycles. The van der Waals surface area contributed by atoms with Gasteiger partial charge in [-0.2, -0.15) is 0 Å². The molecule has 0 aliphatic rings. The summed E-state index contributed by atoms with van der Waals surface area (Å²) >= 11 is 0. The second-order valence-electron chi connectivity index (χ2n) is 8.31. The van der Waals surface area contributed by atoms with Crippen molar-refractivity contribution in [1.29, 1.82) is 0 Å². The summed E-state index contributed by atoms with van der Waals surface area (Å²) in [6.07, 6.45) is -1.61. The Morgan fingerprint density at radius 2 is 1.00 bits per heavy atom. The van der Waals surface area contributed by atoms with Gasteiger partial charge in [-0.3, -0.25) is 0 Å². The van der Waals surface area contributed by atoms with Crippen LogP contribution in [-0.2, 0) is 5.41 Å². The molecular weight excluding hydrogens is 424 g/mol. The fraction of sp³-hybridized carbons (Fsp3) is 0.200. The molecule has 174 valence electrons. The summed E-state index contributed by atoms with van der Waals surface area (Å²) in [5, 5.41) is 23.0. The maximum Gasteiger partial charge on any atom is 0.118 e. The molecule has 4 nitrogen and oxygen atoms in total. The van der Waals surface area contributed by atoms with Gasteiger partial charge in [-0.1, -0.05) is 84.9 Å². The van der Waals surface area contributed by atoms with Crippen molar-refractivity contribution in [2.45, 2.75) is 24.0 Å². The maximum atomic E-state index is 12.0. The van der Waals surface area contributed by atoms with Crippen LogP contribution < -0.4 is 9.47 Å². The number of benzene rings is 4. The Bertz CT molecular complexity index is 1110. The number of ether oxygens (including phenoxy) is 2. The van der Waals surface area contributed by atoms with E-state index in [9.17, 15) is 10.2 Å². The largest absolute Gasteiger partial charge is 0.497 e. The first-order chi connectivity index (χ1) is 16.6. The van der Waals surface area contributed by atoms with E-state index in [1.54, 1.807) is 14.2 Å². The van der Waals surface area contributed by atoms with Crippen molar-refractivity contribution in [3.63, 3.8) is 0 Å². The molecule has 0 saturated heterocycles. The summed E-state index contributed by atoms with van der Waals surface area (Å²) in [4.78, 5) is 0. The molecule has 34 heavy (non-hydrogen) atoms. The highest BCUT2D eigenvalue weighted by atomic mass is 16.5. The predicted octanol–water partition coefficient (Wildman–Crippen LogP) is 5.52. The lowest BCUT2D eigenvalue weighted by Crippen LogP contribution is -2.43. The molecule has 0 aliphatic heterocycles. The molecule has 0 aliphatic carbocycles. The fourth-order valence-corrected chi connectivity index (χ4v) is 4.69. The van der Waals surface area contributed by atoms with Gasteiger partial charge in [0.15, 0.2) is 0 Å². The Hall–Kier alpha value is -3.60. The van der Waals surface area contributed by atoms with Crippen molar-refractivity contribution in [3.8, 4) is 11.5 Å². The molecule has 2 atom stereocenters. The van der Waals surface area contributed by atoms with E-state index in [-0.39, 0.29) is 6.42 Å². The minimum Gasteiger partial charge on any atom is -0.497 e. The fourth-order valence-electron chi connectivity index (χ4n) is 4.69. The van der Waals surface area contributed by atoms with Crippen LogP contribution in [0.5, 0.6) is 11.5 Å². The third-order valence-electron chi connectivity index (χ3n) is 6.45. The Morgan fingerprint density at radius 3 is 1.44 bits per heavy atom. The summed E-state index contributed by atoms with van der Waals surface area (Å²) < 4.78 is 10.8. The lowest BCUT2D eigenvalue weighted by Gasteiger charge is -2.41. The van der Waals surface area contributed by atoms with E-state index in [1.165, 1.54) is 0 Å². The Labute approximate surface area is 201 Å².